The smallest absolute Gasteiger partial charge is 0.375 e. The highest BCUT2D eigenvalue weighted by Crippen LogP contribution is 2.15. The van der Waals surface area contributed by atoms with Crippen LogP contribution >= 0.6 is 0 Å². The summed E-state index contributed by atoms with van der Waals surface area (Å²) in [5, 5.41) is 0. The first-order valence-electron chi connectivity index (χ1n) is 9.17. The van der Waals surface area contributed by atoms with Crippen molar-refractivity contribution in [1.29, 1.82) is 0 Å². The van der Waals surface area contributed by atoms with Gasteiger partial charge in [0.15, 0.2) is 6.10 Å². The van der Waals surface area contributed by atoms with Gasteiger partial charge in [0.25, 0.3) is 5.91 Å². The maximum absolute atomic E-state index is 13.0. The molecule has 0 aliphatic carbocycles. The van der Waals surface area contributed by atoms with E-state index in [2.05, 4.69) is 0 Å². The second-order valence-electron chi connectivity index (χ2n) is 6.62. The van der Waals surface area contributed by atoms with Crippen LogP contribution in [0.15, 0.2) is 77.2 Å². The van der Waals surface area contributed by atoms with Crippen LogP contribution in [0.3, 0.4) is 0 Å². The van der Waals surface area contributed by atoms with Gasteiger partial charge in [-0.25, -0.2) is 4.79 Å². The van der Waals surface area contributed by atoms with Crippen LogP contribution in [0.2, 0.25) is 0 Å². The summed E-state index contributed by atoms with van der Waals surface area (Å²) in [6, 6.07) is 22.7. The zero-order valence-corrected chi connectivity index (χ0v) is 16.0. The Hall–Kier alpha value is -3.34. The van der Waals surface area contributed by atoms with Crippen molar-refractivity contribution in [2.75, 3.05) is 0 Å². The van der Waals surface area contributed by atoms with Crippen LogP contribution in [-0.4, -0.2) is 22.9 Å². The molecule has 3 rings (SSSR count). The van der Waals surface area contributed by atoms with E-state index < -0.39 is 12.1 Å². The van der Waals surface area contributed by atoms with Gasteiger partial charge in [-0.15, -0.1) is 0 Å². The highest BCUT2D eigenvalue weighted by atomic mass is 16.6. The van der Waals surface area contributed by atoms with Crippen LogP contribution in [0.4, 0.5) is 0 Å². The van der Waals surface area contributed by atoms with Gasteiger partial charge in [-0.05, 0) is 37.1 Å². The van der Waals surface area contributed by atoms with Crippen molar-refractivity contribution in [3.63, 3.8) is 0 Å². The number of carbonyl (C=O) groups excluding carboxylic acids is 2. The molecular formula is C23H23NO4. The lowest BCUT2D eigenvalue weighted by atomic mass is 10.1. The number of ether oxygens (including phenoxy) is 1. The summed E-state index contributed by atoms with van der Waals surface area (Å²) in [6.07, 6.45) is -0.926. The van der Waals surface area contributed by atoms with Gasteiger partial charge in [0.1, 0.15) is 5.76 Å². The number of amides is 1. The number of hydrogen-bond acceptors (Lipinski definition) is 4. The van der Waals surface area contributed by atoms with Crippen molar-refractivity contribution in [3.05, 3.63) is 95.4 Å². The lowest BCUT2D eigenvalue weighted by Crippen LogP contribution is -2.39. The molecule has 1 unspecified atom stereocenters. The molecule has 0 spiro atoms. The molecular weight excluding hydrogens is 354 g/mol. The summed E-state index contributed by atoms with van der Waals surface area (Å²) in [6.45, 7) is 4.18. The number of aryl methyl sites for hydroxylation is 1. The number of hydrogen-bond donors (Lipinski definition) is 0. The molecule has 0 saturated carbocycles. The van der Waals surface area contributed by atoms with Gasteiger partial charge in [-0.2, -0.15) is 0 Å². The van der Waals surface area contributed by atoms with Crippen LogP contribution in [0.1, 0.15) is 34.4 Å². The highest BCUT2D eigenvalue weighted by Gasteiger charge is 2.26. The van der Waals surface area contributed by atoms with E-state index in [1.54, 1.807) is 30.9 Å². The zero-order valence-electron chi connectivity index (χ0n) is 16.0. The fraction of sp³-hybridized carbons (Fsp3) is 0.217. The molecule has 1 heterocycles. The maximum atomic E-state index is 13.0. The summed E-state index contributed by atoms with van der Waals surface area (Å²) in [4.78, 5) is 27.0. The Bertz CT molecular complexity index is 877. The van der Waals surface area contributed by atoms with Crippen molar-refractivity contribution >= 4 is 11.9 Å². The topological polar surface area (TPSA) is 59.8 Å². The van der Waals surface area contributed by atoms with Crippen LogP contribution in [0, 0.1) is 6.92 Å². The van der Waals surface area contributed by atoms with Crippen molar-refractivity contribution in [3.8, 4) is 0 Å². The molecule has 0 saturated heterocycles. The lowest BCUT2D eigenvalue weighted by molar-refractivity contribution is -0.141. The third kappa shape index (κ3) is 5.10. The number of nitrogens with zero attached hydrogens (tertiary/aromatic N) is 1. The Morgan fingerprint density at radius 2 is 1.43 bits per heavy atom. The van der Waals surface area contributed by atoms with E-state index in [1.807, 2.05) is 60.7 Å². The van der Waals surface area contributed by atoms with E-state index in [9.17, 15) is 9.59 Å². The molecule has 2 aromatic carbocycles. The summed E-state index contributed by atoms with van der Waals surface area (Å²) < 4.78 is 10.6. The van der Waals surface area contributed by atoms with Crippen LogP contribution < -0.4 is 0 Å². The Morgan fingerprint density at radius 3 is 1.89 bits per heavy atom. The van der Waals surface area contributed by atoms with E-state index in [1.165, 1.54) is 0 Å². The van der Waals surface area contributed by atoms with E-state index in [4.69, 9.17) is 9.15 Å². The van der Waals surface area contributed by atoms with Crippen molar-refractivity contribution in [2.24, 2.45) is 0 Å². The SMILES string of the molecule is Cc1ccc(C(=O)OC(C)C(=O)N(Cc2ccccc2)Cc2ccccc2)o1. The average molecular weight is 377 g/mol. The van der Waals surface area contributed by atoms with Crippen molar-refractivity contribution in [1.82, 2.24) is 4.90 Å². The lowest BCUT2D eigenvalue weighted by Gasteiger charge is -2.26. The molecule has 5 nitrogen and oxygen atoms in total. The molecule has 0 fully saturated rings. The number of carbonyl (C=O) groups is 2. The molecule has 5 heteroatoms. The fourth-order valence-corrected chi connectivity index (χ4v) is 2.89. The summed E-state index contributed by atoms with van der Waals surface area (Å²) in [5.41, 5.74) is 2.01. The monoisotopic (exact) mass is 377 g/mol. The minimum Gasteiger partial charge on any atom is -0.454 e. The van der Waals surface area contributed by atoms with Crippen molar-refractivity contribution < 1.29 is 18.7 Å². The normalized spacial score (nSPS) is 11.6. The average Bonchev–Trinajstić information content (AvgIpc) is 3.15. The first-order valence-corrected chi connectivity index (χ1v) is 9.17. The maximum Gasteiger partial charge on any atom is 0.375 e. The minimum atomic E-state index is -0.926. The third-order valence-electron chi connectivity index (χ3n) is 4.32. The van der Waals surface area contributed by atoms with Gasteiger partial charge in [-0.1, -0.05) is 60.7 Å². The molecule has 1 atom stereocenters. The Kier molecular flexibility index (Phi) is 6.27. The highest BCUT2D eigenvalue weighted by molar-refractivity contribution is 5.90. The van der Waals surface area contributed by atoms with Crippen LogP contribution in [0.5, 0.6) is 0 Å². The molecule has 3 aromatic rings. The number of benzene rings is 2. The van der Waals surface area contributed by atoms with E-state index in [0.717, 1.165) is 11.1 Å². The van der Waals surface area contributed by atoms with Gasteiger partial charge in [0.2, 0.25) is 5.76 Å². The standard InChI is InChI=1S/C23H23NO4/c1-17-13-14-21(27-17)23(26)28-18(2)22(25)24(15-19-9-5-3-6-10-19)16-20-11-7-4-8-12-20/h3-14,18H,15-16H2,1-2H3. The van der Waals surface area contributed by atoms with Gasteiger partial charge in [0, 0.05) is 13.1 Å². The zero-order chi connectivity index (χ0) is 19.9. The minimum absolute atomic E-state index is 0.0924. The van der Waals surface area contributed by atoms with Crippen LogP contribution in [-0.2, 0) is 22.6 Å². The first kappa shape index (κ1) is 19.4. The summed E-state index contributed by atoms with van der Waals surface area (Å²) in [7, 11) is 0. The quantitative estimate of drug-likeness (QED) is 0.574. The Morgan fingerprint density at radius 1 is 0.893 bits per heavy atom. The molecule has 0 bridgehead atoms. The molecule has 144 valence electrons. The second kappa shape index (κ2) is 9.04. The number of furan rings is 1. The van der Waals surface area contributed by atoms with E-state index in [0.29, 0.717) is 18.8 Å². The summed E-state index contributed by atoms with van der Waals surface area (Å²) >= 11 is 0. The molecule has 1 amide bonds. The molecule has 0 radical (unpaired) electrons. The summed E-state index contributed by atoms with van der Waals surface area (Å²) in [5.74, 6) is -0.201. The van der Waals surface area contributed by atoms with Gasteiger partial charge in [0.05, 0.1) is 0 Å². The Labute approximate surface area is 164 Å². The molecule has 0 aliphatic heterocycles. The van der Waals surface area contributed by atoms with E-state index in [-0.39, 0.29) is 11.7 Å². The first-order chi connectivity index (χ1) is 13.5. The largest absolute Gasteiger partial charge is 0.454 e. The third-order valence-corrected chi connectivity index (χ3v) is 4.32. The molecule has 1 aromatic heterocycles. The second-order valence-corrected chi connectivity index (χ2v) is 6.62. The molecule has 0 N–H and O–H groups in total. The van der Waals surface area contributed by atoms with Gasteiger partial charge in [-0.3, -0.25) is 4.79 Å². The van der Waals surface area contributed by atoms with Crippen molar-refractivity contribution in [2.45, 2.75) is 33.0 Å². The number of rotatable bonds is 7. The fourth-order valence-electron chi connectivity index (χ4n) is 2.89. The Balaban J connectivity index is 1.73. The van der Waals surface area contributed by atoms with Gasteiger partial charge < -0.3 is 14.1 Å². The number of esters is 1. The molecule has 0 aliphatic rings. The predicted octanol–water partition coefficient (Wildman–Crippen LogP) is 4.36. The predicted molar refractivity (Wildman–Crippen MR) is 105 cm³/mol. The van der Waals surface area contributed by atoms with E-state index >= 15 is 0 Å². The molecule has 28 heavy (non-hydrogen) atoms. The van der Waals surface area contributed by atoms with Gasteiger partial charge >= 0.3 is 5.97 Å². The van der Waals surface area contributed by atoms with Crippen LogP contribution in [0.25, 0.3) is 0 Å².